The van der Waals surface area contributed by atoms with Crippen LogP contribution in [0, 0.1) is 0 Å². The lowest BCUT2D eigenvalue weighted by Crippen LogP contribution is -2.20. The third kappa shape index (κ3) is 3.34. The zero-order chi connectivity index (χ0) is 14.7. The zero-order valence-electron chi connectivity index (χ0n) is 10.7. The van der Waals surface area contributed by atoms with Crippen molar-refractivity contribution in [2.75, 3.05) is 5.32 Å². The van der Waals surface area contributed by atoms with Crippen molar-refractivity contribution in [2.45, 2.75) is 6.54 Å². The predicted octanol–water partition coefficient (Wildman–Crippen LogP) is 2.80. The number of nitrogens with zero attached hydrogens (tertiary/aromatic N) is 4. The molecule has 2 heterocycles. The highest BCUT2D eigenvalue weighted by Crippen LogP contribution is 2.21. The van der Waals surface area contributed by atoms with Gasteiger partial charge in [0.05, 0.1) is 5.69 Å². The monoisotopic (exact) mass is 363 g/mol. The molecule has 6 nitrogen and oxygen atoms in total. The molecular weight excluding hydrogens is 354 g/mol. The minimum atomic E-state index is -0.212. The normalized spacial score (nSPS) is 10.5. The van der Waals surface area contributed by atoms with E-state index in [0.717, 1.165) is 10.0 Å². The fourth-order valence-corrected chi connectivity index (χ4v) is 2.72. The largest absolute Gasteiger partial charge is 0.323 e. The molecule has 3 rings (SSSR count). The molecule has 0 spiro atoms. The van der Waals surface area contributed by atoms with Crippen molar-refractivity contribution >= 4 is 38.9 Å². The lowest BCUT2D eigenvalue weighted by molar-refractivity contribution is -0.117. The number of para-hydroxylation sites is 1. The summed E-state index contributed by atoms with van der Waals surface area (Å²) in [6.07, 6.45) is 0. The molecule has 0 saturated heterocycles. The molecule has 0 aliphatic heterocycles. The Bertz CT molecular complexity index is 756. The average molecular weight is 364 g/mol. The van der Waals surface area contributed by atoms with Gasteiger partial charge in [0, 0.05) is 15.4 Å². The zero-order valence-corrected chi connectivity index (χ0v) is 13.1. The number of aromatic nitrogens is 4. The van der Waals surface area contributed by atoms with Crippen LogP contribution in [0.15, 0.2) is 45.6 Å². The number of anilines is 1. The van der Waals surface area contributed by atoms with Crippen LogP contribution in [-0.4, -0.2) is 26.1 Å². The van der Waals surface area contributed by atoms with Crippen molar-refractivity contribution in [3.05, 3.63) is 45.6 Å². The number of amides is 1. The molecular formula is C13H10BrN5OS. The maximum absolute atomic E-state index is 12.0. The van der Waals surface area contributed by atoms with Crippen LogP contribution in [0.4, 0.5) is 5.69 Å². The van der Waals surface area contributed by atoms with E-state index >= 15 is 0 Å². The van der Waals surface area contributed by atoms with Gasteiger partial charge in [-0.2, -0.15) is 16.1 Å². The first-order valence-electron chi connectivity index (χ1n) is 6.07. The number of benzene rings is 1. The maximum atomic E-state index is 12.0. The topological polar surface area (TPSA) is 72.7 Å². The maximum Gasteiger partial charge on any atom is 0.248 e. The molecule has 8 heteroatoms. The molecule has 21 heavy (non-hydrogen) atoms. The van der Waals surface area contributed by atoms with Crippen molar-refractivity contribution < 1.29 is 4.79 Å². The lowest BCUT2D eigenvalue weighted by Gasteiger charge is -2.05. The minimum absolute atomic E-state index is 0.0124. The highest BCUT2D eigenvalue weighted by Gasteiger charge is 2.10. The average Bonchev–Trinajstić information content (AvgIpc) is 3.12. The van der Waals surface area contributed by atoms with Crippen molar-refractivity contribution in [3.8, 4) is 11.4 Å². The highest BCUT2D eigenvalue weighted by atomic mass is 79.9. The molecule has 0 bridgehead atoms. The smallest absolute Gasteiger partial charge is 0.248 e. The summed E-state index contributed by atoms with van der Waals surface area (Å²) in [5.41, 5.74) is 1.61. The Morgan fingerprint density at radius 3 is 2.95 bits per heavy atom. The fraction of sp³-hybridized carbons (Fsp3) is 0.0769. The van der Waals surface area contributed by atoms with E-state index in [-0.39, 0.29) is 12.5 Å². The van der Waals surface area contributed by atoms with Crippen LogP contribution in [0.25, 0.3) is 11.4 Å². The summed E-state index contributed by atoms with van der Waals surface area (Å²) in [4.78, 5) is 13.2. The van der Waals surface area contributed by atoms with Gasteiger partial charge in [0.2, 0.25) is 11.7 Å². The van der Waals surface area contributed by atoms with Crippen LogP contribution in [0.3, 0.4) is 0 Å². The van der Waals surface area contributed by atoms with Crippen molar-refractivity contribution in [1.29, 1.82) is 0 Å². The number of thiophene rings is 1. The van der Waals surface area contributed by atoms with Gasteiger partial charge in [-0.1, -0.05) is 12.1 Å². The van der Waals surface area contributed by atoms with Crippen molar-refractivity contribution in [3.63, 3.8) is 0 Å². The summed E-state index contributed by atoms with van der Waals surface area (Å²) in [7, 11) is 0. The van der Waals surface area contributed by atoms with Crippen LogP contribution >= 0.6 is 27.3 Å². The van der Waals surface area contributed by atoms with Gasteiger partial charge in [-0.15, -0.1) is 10.2 Å². The Kier molecular flexibility index (Phi) is 4.07. The molecule has 2 aromatic heterocycles. The molecule has 0 fully saturated rings. The summed E-state index contributed by atoms with van der Waals surface area (Å²) < 4.78 is 0.823. The van der Waals surface area contributed by atoms with E-state index in [1.807, 2.05) is 41.1 Å². The Hall–Kier alpha value is -2.06. The first kappa shape index (κ1) is 13.9. The molecule has 106 valence electrons. The summed E-state index contributed by atoms with van der Waals surface area (Å²) >= 11 is 4.94. The van der Waals surface area contributed by atoms with Gasteiger partial charge in [-0.3, -0.25) is 4.79 Å². The summed E-state index contributed by atoms with van der Waals surface area (Å²) in [5, 5.41) is 18.7. The Morgan fingerprint density at radius 1 is 1.33 bits per heavy atom. The van der Waals surface area contributed by atoms with Crippen LogP contribution in [0.2, 0.25) is 0 Å². The van der Waals surface area contributed by atoms with Crippen LogP contribution in [0.1, 0.15) is 0 Å². The molecule has 0 aliphatic rings. The van der Waals surface area contributed by atoms with E-state index in [9.17, 15) is 4.79 Å². The number of halogens is 1. The van der Waals surface area contributed by atoms with E-state index in [0.29, 0.717) is 11.5 Å². The number of nitrogens with one attached hydrogen (secondary N) is 1. The van der Waals surface area contributed by atoms with E-state index in [1.165, 1.54) is 4.80 Å². The van der Waals surface area contributed by atoms with E-state index in [1.54, 1.807) is 11.3 Å². The molecule has 0 saturated carbocycles. The SMILES string of the molecule is O=C(Cn1nnc(-c2ccsc2)n1)Nc1ccccc1Br. The molecule has 1 aromatic carbocycles. The van der Waals surface area contributed by atoms with Gasteiger partial charge >= 0.3 is 0 Å². The molecule has 0 aliphatic carbocycles. The van der Waals surface area contributed by atoms with Crippen LogP contribution in [-0.2, 0) is 11.3 Å². The number of tetrazole rings is 1. The Morgan fingerprint density at radius 2 is 2.19 bits per heavy atom. The summed E-state index contributed by atoms with van der Waals surface area (Å²) in [5.74, 6) is 0.307. The van der Waals surface area contributed by atoms with E-state index < -0.39 is 0 Å². The van der Waals surface area contributed by atoms with Crippen LogP contribution < -0.4 is 5.32 Å². The second-order valence-electron chi connectivity index (χ2n) is 4.18. The third-order valence-corrected chi connectivity index (χ3v) is 4.04. The number of carbonyl (C=O) groups is 1. The quantitative estimate of drug-likeness (QED) is 0.773. The Labute approximate surface area is 132 Å². The van der Waals surface area contributed by atoms with Gasteiger partial charge in [0.15, 0.2) is 0 Å². The van der Waals surface area contributed by atoms with Gasteiger partial charge in [-0.25, -0.2) is 0 Å². The van der Waals surface area contributed by atoms with Crippen LogP contribution in [0.5, 0.6) is 0 Å². The Balaban J connectivity index is 1.67. The lowest BCUT2D eigenvalue weighted by atomic mass is 10.3. The van der Waals surface area contributed by atoms with Gasteiger partial charge in [0.25, 0.3) is 0 Å². The minimum Gasteiger partial charge on any atom is -0.323 e. The van der Waals surface area contributed by atoms with Gasteiger partial charge < -0.3 is 5.32 Å². The van der Waals surface area contributed by atoms with Crippen molar-refractivity contribution in [1.82, 2.24) is 20.2 Å². The summed E-state index contributed by atoms with van der Waals surface area (Å²) in [6.45, 7) is 0.0124. The molecule has 3 aromatic rings. The van der Waals surface area contributed by atoms with E-state index in [4.69, 9.17) is 0 Å². The molecule has 0 radical (unpaired) electrons. The standard InChI is InChI=1S/C13H10BrN5OS/c14-10-3-1-2-4-11(10)15-12(20)7-19-17-13(16-18-19)9-5-6-21-8-9/h1-6,8H,7H2,(H,15,20). The van der Waals surface area contributed by atoms with E-state index in [2.05, 4.69) is 36.7 Å². The van der Waals surface area contributed by atoms with Gasteiger partial charge in [0.1, 0.15) is 6.54 Å². The summed E-state index contributed by atoms with van der Waals surface area (Å²) in [6, 6.07) is 9.31. The number of carbonyl (C=O) groups excluding carboxylic acids is 1. The first-order chi connectivity index (χ1) is 10.2. The second-order valence-corrected chi connectivity index (χ2v) is 5.82. The molecule has 0 atom stereocenters. The first-order valence-corrected chi connectivity index (χ1v) is 7.81. The fourth-order valence-electron chi connectivity index (χ4n) is 1.70. The molecule has 1 N–H and O–H groups in total. The predicted molar refractivity (Wildman–Crippen MR) is 83.9 cm³/mol. The highest BCUT2D eigenvalue weighted by molar-refractivity contribution is 9.10. The number of rotatable bonds is 4. The molecule has 0 unspecified atom stereocenters. The van der Waals surface area contributed by atoms with Crippen molar-refractivity contribution in [2.24, 2.45) is 0 Å². The number of hydrogen-bond donors (Lipinski definition) is 1. The molecule has 1 amide bonds. The number of hydrogen-bond acceptors (Lipinski definition) is 5. The third-order valence-electron chi connectivity index (χ3n) is 2.67. The second kappa shape index (κ2) is 6.15. The van der Waals surface area contributed by atoms with Gasteiger partial charge in [-0.05, 0) is 44.7 Å².